The molecule has 0 aromatic heterocycles. The van der Waals surface area contributed by atoms with E-state index in [-0.39, 0.29) is 0 Å². The lowest BCUT2D eigenvalue weighted by Gasteiger charge is -2.36. The summed E-state index contributed by atoms with van der Waals surface area (Å²) in [7, 11) is 0. The van der Waals surface area contributed by atoms with Gasteiger partial charge >= 0.3 is 0 Å². The maximum atomic E-state index is 9.17. The van der Waals surface area contributed by atoms with Crippen LogP contribution in [0.25, 0.3) is 0 Å². The molecule has 0 amide bonds. The Kier molecular flexibility index (Phi) is 5.38. The molecule has 2 rings (SSSR count). The van der Waals surface area contributed by atoms with Gasteiger partial charge < -0.3 is 5.32 Å². The lowest BCUT2D eigenvalue weighted by molar-refractivity contribution is 0.138. The average molecular weight is 257 g/mol. The fraction of sp³-hybridized carbons (Fsp3) is 0.562. The molecule has 0 bridgehead atoms. The van der Waals surface area contributed by atoms with E-state index in [0.717, 1.165) is 37.3 Å². The summed E-state index contributed by atoms with van der Waals surface area (Å²) in [5.74, 6) is 0. The molecule has 1 N–H and O–H groups in total. The second-order valence-corrected chi connectivity index (χ2v) is 5.20. The molecule has 1 aliphatic rings. The van der Waals surface area contributed by atoms with Crippen LogP contribution in [-0.4, -0.2) is 30.6 Å². The maximum absolute atomic E-state index is 9.17. The Bertz CT molecular complexity index is 436. The Labute approximate surface area is 116 Å². The second kappa shape index (κ2) is 7.28. The zero-order valence-electron chi connectivity index (χ0n) is 11.7. The molecule has 1 fully saturated rings. The van der Waals surface area contributed by atoms with E-state index >= 15 is 0 Å². The van der Waals surface area contributed by atoms with E-state index in [1.807, 2.05) is 18.2 Å². The maximum Gasteiger partial charge on any atom is 0.0995 e. The van der Waals surface area contributed by atoms with Crippen LogP contribution in [0, 0.1) is 11.3 Å². The van der Waals surface area contributed by atoms with Gasteiger partial charge in [0, 0.05) is 19.1 Å². The number of hydrogen-bond donors (Lipinski definition) is 1. The third-order valence-electron chi connectivity index (χ3n) is 3.89. The van der Waals surface area contributed by atoms with Gasteiger partial charge in [0.1, 0.15) is 0 Å². The molecule has 102 valence electrons. The number of likely N-dealkylation sites (tertiary alicyclic amines) is 1. The summed E-state index contributed by atoms with van der Waals surface area (Å²) in [5, 5.41) is 12.6. The van der Waals surface area contributed by atoms with Crippen molar-refractivity contribution >= 4 is 0 Å². The van der Waals surface area contributed by atoms with Crippen molar-refractivity contribution in [2.75, 3.05) is 19.6 Å². The van der Waals surface area contributed by atoms with Gasteiger partial charge in [-0.05, 0) is 37.6 Å². The van der Waals surface area contributed by atoms with Gasteiger partial charge in [-0.25, -0.2) is 0 Å². The van der Waals surface area contributed by atoms with E-state index in [9.17, 15) is 5.26 Å². The predicted molar refractivity (Wildman–Crippen MR) is 77.7 cm³/mol. The molecule has 1 saturated heterocycles. The van der Waals surface area contributed by atoms with Gasteiger partial charge in [0.25, 0.3) is 0 Å². The van der Waals surface area contributed by atoms with Gasteiger partial charge in [0.05, 0.1) is 11.6 Å². The zero-order valence-corrected chi connectivity index (χ0v) is 11.7. The van der Waals surface area contributed by atoms with Gasteiger partial charge in [-0.15, -0.1) is 0 Å². The first-order chi connectivity index (χ1) is 9.35. The number of likely N-dealkylation sites (N-methyl/N-ethyl adjacent to an activating group) is 1. The summed E-state index contributed by atoms with van der Waals surface area (Å²) in [4.78, 5) is 2.53. The first-order valence-electron chi connectivity index (χ1n) is 7.28. The number of nitrogens with zero attached hydrogens (tertiary/aromatic N) is 2. The minimum Gasteiger partial charge on any atom is -0.315 e. The Morgan fingerprint density at radius 3 is 3.00 bits per heavy atom. The zero-order chi connectivity index (χ0) is 13.5. The normalized spacial score (nSPS) is 20.1. The molecule has 1 aliphatic heterocycles. The summed E-state index contributed by atoms with van der Waals surface area (Å²) >= 11 is 0. The molecule has 1 aromatic rings. The topological polar surface area (TPSA) is 39.1 Å². The van der Waals surface area contributed by atoms with E-state index in [4.69, 9.17) is 0 Å². The van der Waals surface area contributed by atoms with Crippen LogP contribution in [0.2, 0.25) is 0 Å². The van der Waals surface area contributed by atoms with Gasteiger partial charge in [-0.1, -0.05) is 31.5 Å². The number of benzene rings is 1. The molecule has 0 saturated carbocycles. The van der Waals surface area contributed by atoms with E-state index in [0.29, 0.717) is 6.04 Å². The van der Waals surface area contributed by atoms with E-state index in [2.05, 4.69) is 29.3 Å². The molecule has 1 atom stereocenters. The van der Waals surface area contributed by atoms with Crippen LogP contribution in [-0.2, 0) is 6.54 Å². The van der Waals surface area contributed by atoms with Gasteiger partial charge in [0.2, 0.25) is 0 Å². The van der Waals surface area contributed by atoms with E-state index in [1.165, 1.54) is 19.3 Å². The number of nitriles is 1. The Morgan fingerprint density at radius 1 is 1.37 bits per heavy atom. The Morgan fingerprint density at radius 2 is 2.21 bits per heavy atom. The minimum absolute atomic E-state index is 0.612. The molecule has 19 heavy (non-hydrogen) atoms. The highest BCUT2D eigenvalue weighted by molar-refractivity contribution is 5.37. The monoisotopic (exact) mass is 257 g/mol. The van der Waals surface area contributed by atoms with Crippen molar-refractivity contribution in [2.24, 2.45) is 0 Å². The number of piperidine rings is 1. The predicted octanol–water partition coefficient (Wildman–Crippen LogP) is 2.52. The quantitative estimate of drug-likeness (QED) is 0.881. The molecule has 1 aromatic carbocycles. The first kappa shape index (κ1) is 14.0. The number of hydrogen-bond acceptors (Lipinski definition) is 3. The molecule has 3 nitrogen and oxygen atoms in total. The van der Waals surface area contributed by atoms with Crippen LogP contribution in [0.3, 0.4) is 0 Å². The SMILES string of the molecule is CCNCC1CCCCN1Cc1ccccc1C#N. The summed E-state index contributed by atoms with van der Waals surface area (Å²) in [6, 6.07) is 10.9. The van der Waals surface area contributed by atoms with Crippen molar-refractivity contribution in [1.29, 1.82) is 5.26 Å². The Hall–Kier alpha value is -1.37. The third kappa shape index (κ3) is 3.79. The first-order valence-corrected chi connectivity index (χ1v) is 7.28. The molecule has 3 heteroatoms. The highest BCUT2D eigenvalue weighted by atomic mass is 15.2. The molecule has 1 unspecified atom stereocenters. The molecular formula is C16H23N3. The van der Waals surface area contributed by atoms with Crippen LogP contribution in [0.5, 0.6) is 0 Å². The molecule has 0 aliphatic carbocycles. The van der Waals surface area contributed by atoms with Crippen molar-refractivity contribution in [3.63, 3.8) is 0 Å². The van der Waals surface area contributed by atoms with Crippen molar-refractivity contribution in [2.45, 2.75) is 38.8 Å². The smallest absolute Gasteiger partial charge is 0.0995 e. The van der Waals surface area contributed by atoms with Crippen molar-refractivity contribution < 1.29 is 0 Å². The van der Waals surface area contributed by atoms with Crippen molar-refractivity contribution in [3.8, 4) is 6.07 Å². The van der Waals surface area contributed by atoms with Gasteiger partial charge in [-0.2, -0.15) is 5.26 Å². The van der Waals surface area contributed by atoms with E-state index in [1.54, 1.807) is 0 Å². The Balaban J connectivity index is 2.04. The second-order valence-electron chi connectivity index (χ2n) is 5.20. The summed E-state index contributed by atoms with van der Waals surface area (Å²) in [5.41, 5.74) is 1.98. The molecular weight excluding hydrogens is 234 g/mol. The van der Waals surface area contributed by atoms with Crippen molar-refractivity contribution in [3.05, 3.63) is 35.4 Å². The fourth-order valence-electron chi connectivity index (χ4n) is 2.80. The van der Waals surface area contributed by atoms with Crippen LogP contribution in [0.1, 0.15) is 37.3 Å². The lowest BCUT2D eigenvalue weighted by Crippen LogP contribution is -2.45. The van der Waals surface area contributed by atoms with E-state index < -0.39 is 0 Å². The number of rotatable bonds is 5. The highest BCUT2D eigenvalue weighted by Crippen LogP contribution is 2.20. The van der Waals surface area contributed by atoms with Crippen molar-refractivity contribution in [1.82, 2.24) is 10.2 Å². The summed E-state index contributed by atoms with van der Waals surface area (Å²) in [6.45, 7) is 6.29. The summed E-state index contributed by atoms with van der Waals surface area (Å²) < 4.78 is 0. The largest absolute Gasteiger partial charge is 0.315 e. The number of nitrogens with one attached hydrogen (secondary N) is 1. The lowest BCUT2D eigenvalue weighted by atomic mass is 10.00. The van der Waals surface area contributed by atoms with Gasteiger partial charge in [0.15, 0.2) is 0 Å². The van der Waals surface area contributed by atoms with Gasteiger partial charge in [-0.3, -0.25) is 4.90 Å². The molecule has 0 radical (unpaired) electrons. The fourth-order valence-corrected chi connectivity index (χ4v) is 2.80. The van der Waals surface area contributed by atoms with Crippen LogP contribution in [0.15, 0.2) is 24.3 Å². The highest BCUT2D eigenvalue weighted by Gasteiger charge is 2.22. The third-order valence-corrected chi connectivity index (χ3v) is 3.89. The van der Waals surface area contributed by atoms with Crippen LogP contribution in [0.4, 0.5) is 0 Å². The summed E-state index contributed by atoms with van der Waals surface area (Å²) in [6.07, 6.45) is 3.87. The average Bonchev–Trinajstić information content (AvgIpc) is 2.47. The molecule has 1 heterocycles. The van der Waals surface area contributed by atoms with Crippen LogP contribution < -0.4 is 5.32 Å². The standard InChI is InChI=1S/C16H23N3/c1-2-18-12-16-9-5-6-10-19(16)13-15-8-4-3-7-14(15)11-17/h3-4,7-8,16,18H,2,5-6,9-10,12-13H2,1H3. The molecule has 0 spiro atoms. The van der Waals surface area contributed by atoms with Crippen LogP contribution >= 0.6 is 0 Å². The minimum atomic E-state index is 0.612.